The topological polar surface area (TPSA) is 9.23 Å². The lowest BCUT2D eigenvalue weighted by molar-refractivity contribution is 0.0522. The average Bonchev–Trinajstić information content (AvgIpc) is 2.35. The fourth-order valence-corrected chi connectivity index (χ4v) is 3.00. The Hall–Kier alpha value is -0.0400. The normalized spacial score (nSPS) is 24.0. The fourth-order valence-electron chi connectivity index (χ4n) is 3.00. The maximum Gasteiger partial charge on any atom is 0.0468 e. The van der Waals surface area contributed by atoms with E-state index in [1.54, 1.807) is 0 Å². The van der Waals surface area contributed by atoms with Gasteiger partial charge in [0.25, 0.3) is 0 Å². The molecule has 0 radical (unpaired) electrons. The number of hydrogen-bond donors (Lipinski definition) is 0. The van der Waals surface area contributed by atoms with Crippen LogP contribution in [0.25, 0.3) is 0 Å². The summed E-state index contributed by atoms with van der Waals surface area (Å²) in [6.07, 6.45) is 6.70. The summed E-state index contributed by atoms with van der Waals surface area (Å²) in [6.45, 7) is 11.6. The van der Waals surface area contributed by atoms with Crippen molar-refractivity contribution in [2.24, 2.45) is 23.7 Å². The van der Waals surface area contributed by atoms with Crippen LogP contribution in [0.15, 0.2) is 0 Å². The Labute approximate surface area is 102 Å². The molecule has 1 rings (SSSR count). The zero-order valence-electron chi connectivity index (χ0n) is 11.7. The number of ether oxygens (including phenoxy) is 1. The van der Waals surface area contributed by atoms with E-state index < -0.39 is 0 Å². The van der Waals surface area contributed by atoms with Crippen LogP contribution in [0.4, 0.5) is 0 Å². The third-order valence-corrected chi connectivity index (χ3v) is 4.79. The molecule has 0 spiro atoms. The lowest BCUT2D eigenvalue weighted by atomic mass is 9.75. The summed E-state index contributed by atoms with van der Waals surface area (Å²) in [5, 5.41) is 0. The first-order valence-corrected chi connectivity index (χ1v) is 7.26. The quantitative estimate of drug-likeness (QED) is 0.647. The summed E-state index contributed by atoms with van der Waals surface area (Å²) >= 11 is 0. The van der Waals surface area contributed by atoms with E-state index in [1.165, 1.54) is 32.1 Å². The molecule has 1 fully saturated rings. The van der Waals surface area contributed by atoms with Gasteiger partial charge in [-0.2, -0.15) is 0 Å². The summed E-state index contributed by atoms with van der Waals surface area (Å²) in [4.78, 5) is 0. The van der Waals surface area contributed by atoms with Gasteiger partial charge in [-0.3, -0.25) is 0 Å². The van der Waals surface area contributed by atoms with E-state index in [1.807, 2.05) is 0 Å². The molecule has 0 aliphatic carbocycles. The van der Waals surface area contributed by atoms with Crippen LogP contribution in [0, 0.1) is 23.7 Å². The van der Waals surface area contributed by atoms with Crippen LogP contribution in [0.1, 0.15) is 59.8 Å². The van der Waals surface area contributed by atoms with Crippen molar-refractivity contribution in [3.63, 3.8) is 0 Å². The van der Waals surface area contributed by atoms with Crippen LogP contribution in [0.3, 0.4) is 0 Å². The molecule has 3 atom stereocenters. The third kappa shape index (κ3) is 4.08. The standard InChI is InChI=1S/C15H30O/c1-5-12(3)13(4)15(6-2)11-14-7-9-16-10-8-14/h12-15H,5-11H2,1-4H3. The van der Waals surface area contributed by atoms with E-state index in [-0.39, 0.29) is 0 Å². The fraction of sp³-hybridized carbons (Fsp3) is 1.00. The van der Waals surface area contributed by atoms with Crippen molar-refractivity contribution in [2.45, 2.75) is 59.8 Å². The molecule has 1 saturated heterocycles. The predicted octanol–water partition coefficient (Wildman–Crippen LogP) is 4.51. The van der Waals surface area contributed by atoms with Gasteiger partial charge in [-0.05, 0) is 42.9 Å². The Bertz CT molecular complexity index is 172. The molecule has 96 valence electrons. The molecular formula is C15H30O. The highest BCUT2D eigenvalue weighted by Gasteiger charge is 2.24. The molecule has 0 saturated carbocycles. The van der Waals surface area contributed by atoms with Gasteiger partial charge in [0.05, 0.1) is 0 Å². The molecule has 1 aliphatic rings. The van der Waals surface area contributed by atoms with Crippen molar-refractivity contribution in [1.29, 1.82) is 0 Å². The largest absolute Gasteiger partial charge is 0.381 e. The predicted molar refractivity (Wildman–Crippen MR) is 70.6 cm³/mol. The molecule has 0 bridgehead atoms. The van der Waals surface area contributed by atoms with E-state index in [0.717, 1.165) is 36.9 Å². The second-order valence-electron chi connectivity index (χ2n) is 5.70. The lowest BCUT2D eigenvalue weighted by Gasteiger charge is -2.32. The number of hydrogen-bond acceptors (Lipinski definition) is 1. The van der Waals surface area contributed by atoms with Gasteiger partial charge in [0.2, 0.25) is 0 Å². The molecule has 1 heteroatoms. The van der Waals surface area contributed by atoms with Crippen molar-refractivity contribution in [3.05, 3.63) is 0 Å². The van der Waals surface area contributed by atoms with Crippen LogP contribution in [-0.2, 0) is 4.74 Å². The molecule has 0 aromatic rings. The molecule has 1 heterocycles. The highest BCUT2D eigenvalue weighted by molar-refractivity contribution is 4.74. The zero-order valence-corrected chi connectivity index (χ0v) is 11.7. The van der Waals surface area contributed by atoms with E-state index >= 15 is 0 Å². The Morgan fingerprint density at radius 1 is 1.06 bits per heavy atom. The molecule has 1 nitrogen and oxygen atoms in total. The average molecular weight is 226 g/mol. The second kappa shape index (κ2) is 7.32. The molecule has 0 N–H and O–H groups in total. The minimum atomic E-state index is 0.879. The highest BCUT2D eigenvalue weighted by Crippen LogP contribution is 2.33. The first-order chi connectivity index (χ1) is 7.69. The van der Waals surface area contributed by atoms with Crippen molar-refractivity contribution in [3.8, 4) is 0 Å². The highest BCUT2D eigenvalue weighted by atomic mass is 16.5. The molecule has 3 unspecified atom stereocenters. The molecule has 1 aliphatic heterocycles. The molecular weight excluding hydrogens is 196 g/mol. The second-order valence-corrected chi connectivity index (χ2v) is 5.70. The van der Waals surface area contributed by atoms with E-state index in [2.05, 4.69) is 27.7 Å². The third-order valence-electron chi connectivity index (χ3n) is 4.79. The van der Waals surface area contributed by atoms with Gasteiger partial charge in [-0.1, -0.05) is 40.5 Å². The summed E-state index contributed by atoms with van der Waals surface area (Å²) < 4.78 is 5.44. The first-order valence-electron chi connectivity index (χ1n) is 7.26. The number of rotatable bonds is 6. The minimum Gasteiger partial charge on any atom is -0.381 e. The summed E-state index contributed by atoms with van der Waals surface area (Å²) in [7, 11) is 0. The van der Waals surface area contributed by atoms with Crippen molar-refractivity contribution in [2.75, 3.05) is 13.2 Å². The van der Waals surface area contributed by atoms with Gasteiger partial charge in [-0.25, -0.2) is 0 Å². The summed E-state index contributed by atoms with van der Waals surface area (Å²) in [5.74, 6) is 3.63. The van der Waals surface area contributed by atoms with Crippen LogP contribution in [0.2, 0.25) is 0 Å². The van der Waals surface area contributed by atoms with Crippen molar-refractivity contribution >= 4 is 0 Å². The SMILES string of the molecule is CCC(C)C(C)C(CC)CC1CCOCC1. The molecule has 16 heavy (non-hydrogen) atoms. The first kappa shape index (κ1) is 14.0. The van der Waals surface area contributed by atoms with Crippen LogP contribution in [0.5, 0.6) is 0 Å². The molecule has 0 amide bonds. The maximum absolute atomic E-state index is 5.44. The monoisotopic (exact) mass is 226 g/mol. The van der Waals surface area contributed by atoms with Gasteiger partial charge in [0.1, 0.15) is 0 Å². The Morgan fingerprint density at radius 3 is 2.19 bits per heavy atom. The Morgan fingerprint density at radius 2 is 1.69 bits per heavy atom. The maximum atomic E-state index is 5.44. The summed E-state index contributed by atoms with van der Waals surface area (Å²) in [6, 6.07) is 0. The van der Waals surface area contributed by atoms with Crippen molar-refractivity contribution in [1.82, 2.24) is 0 Å². The van der Waals surface area contributed by atoms with Gasteiger partial charge in [-0.15, -0.1) is 0 Å². The van der Waals surface area contributed by atoms with Crippen molar-refractivity contribution < 1.29 is 4.74 Å². The lowest BCUT2D eigenvalue weighted by Crippen LogP contribution is -2.24. The van der Waals surface area contributed by atoms with E-state index in [9.17, 15) is 0 Å². The van der Waals surface area contributed by atoms with E-state index in [4.69, 9.17) is 4.74 Å². The van der Waals surface area contributed by atoms with Crippen LogP contribution in [-0.4, -0.2) is 13.2 Å². The van der Waals surface area contributed by atoms with Crippen LogP contribution < -0.4 is 0 Å². The smallest absolute Gasteiger partial charge is 0.0468 e. The van der Waals surface area contributed by atoms with E-state index in [0.29, 0.717) is 0 Å². The summed E-state index contributed by atoms with van der Waals surface area (Å²) in [5.41, 5.74) is 0. The molecule has 0 aromatic carbocycles. The Balaban J connectivity index is 2.40. The van der Waals surface area contributed by atoms with Crippen LogP contribution >= 0.6 is 0 Å². The molecule has 0 aromatic heterocycles. The van der Waals surface area contributed by atoms with Gasteiger partial charge >= 0.3 is 0 Å². The van der Waals surface area contributed by atoms with Gasteiger partial charge in [0, 0.05) is 13.2 Å². The Kier molecular flexibility index (Phi) is 6.41. The van der Waals surface area contributed by atoms with Gasteiger partial charge < -0.3 is 4.74 Å². The minimum absolute atomic E-state index is 0.879. The zero-order chi connectivity index (χ0) is 12.0. The van der Waals surface area contributed by atoms with Gasteiger partial charge in [0.15, 0.2) is 0 Å².